The normalized spacial score (nSPS) is 15.2. The van der Waals surface area contributed by atoms with Crippen LogP contribution in [0.15, 0.2) is 54.9 Å². The molecule has 196 valence electrons. The number of ether oxygens (including phenoxy) is 1. The predicted molar refractivity (Wildman–Crippen MR) is 148 cm³/mol. The highest BCUT2D eigenvalue weighted by Gasteiger charge is 2.23. The molecular weight excluding hydrogens is 478 g/mol. The summed E-state index contributed by atoms with van der Waals surface area (Å²) in [6, 6.07) is 16.7. The Hall–Kier alpha value is -4.14. The highest BCUT2D eigenvalue weighted by atomic mass is 16.5. The molecule has 2 aromatic carbocycles. The van der Waals surface area contributed by atoms with Gasteiger partial charge in [0.2, 0.25) is 11.9 Å². The van der Waals surface area contributed by atoms with Crippen LogP contribution < -0.4 is 15.0 Å². The maximum Gasteiger partial charge on any atom is 0.229 e. The molecule has 1 N–H and O–H groups in total. The SMILES string of the molecule is COc1ccc(CCNc2nc(N3CCc4ccccc4C3)nc3c2ncn3CCN2CCCC2=O)cc1. The lowest BCUT2D eigenvalue weighted by molar-refractivity contribution is -0.127. The number of benzene rings is 2. The summed E-state index contributed by atoms with van der Waals surface area (Å²) in [6.07, 6.45) is 5.22. The van der Waals surface area contributed by atoms with Gasteiger partial charge in [-0.05, 0) is 48.1 Å². The van der Waals surface area contributed by atoms with Crippen LogP contribution in [-0.2, 0) is 30.7 Å². The molecule has 0 bridgehead atoms. The van der Waals surface area contributed by atoms with Crippen LogP contribution in [0.5, 0.6) is 5.75 Å². The summed E-state index contributed by atoms with van der Waals surface area (Å²) < 4.78 is 7.33. The molecule has 6 rings (SSSR count). The number of likely N-dealkylation sites (tertiary alicyclic amines) is 1. The van der Waals surface area contributed by atoms with E-state index in [1.165, 1.54) is 16.7 Å². The van der Waals surface area contributed by atoms with Crippen molar-refractivity contribution in [1.29, 1.82) is 0 Å². The lowest BCUT2D eigenvalue weighted by atomic mass is 10.0. The summed E-state index contributed by atoms with van der Waals surface area (Å²) in [5.41, 5.74) is 5.49. The quantitative estimate of drug-likeness (QED) is 0.367. The molecule has 1 fully saturated rings. The van der Waals surface area contributed by atoms with Crippen LogP contribution in [0, 0.1) is 0 Å². The molecule has 2 aromatic heterocycles. The van der Waals surface area contributed by atoms with Crippen molar-refractivity contribution in [2.45, 2.75) is 38.8 Å². The van der Waals surface area contributed by atoms with Gasteiger partial charge in [0.05, 0.1) is 13.4 Å². The van der Waals surface area contributed by atoms with E-state index in [0.29, 0.717) is 25.5 Å². The van der Waals surface area contributed by atoms with Gasteiger partial charge in [-0.1, -0.05) is 36.4 Å². The molecule has 4 aromatic rings. The van der Waals surface area contributed by atoms with Gasteiger partial charge in [-0.3, -0.25) is 4.79 Å². The summed E-state index contributed by atoms with van der Waals surface area (Å²) in [7, 11) is 1.68. The molecule has 2 aliphatic rings. The van der Waals surface area contributed by atoms with E-state index in [4.69, 9.17) is 19.7 Å². The topological polar surface area (TPSA) is 88.4 Å². The third-order valence-electron chi connectivity index (χ3n) is 7.51. The molecular formula is C29H33N7O2. The van der Waals surface area contributed by atoms with Crippen LogP contribution >= 0.6 is 0 Å². The van der Waals surface area contributed by atoms with E-state index in [9.17, 15) is 4.79 Å². The fourth-order valence-corrected chi connectivity index (χ4v) is 5.31. The molecule has 2 aliphatic heterocycles. The number of nitrogens with zero attached hydrogens (tertiary/aromatic N) is 6. The minimum atomic E-state index is 0.234. The van der Waals surface area contributed by atoms with Crippen LogP contribution in [0.3, 0.4) is 0 Å². The van der Waals surface area contributed by atoms with E-state index < -0.39 is 0 Å². The Labute approximate surface area is 222 Å². The molecule has 4 heterocycles. The zero-order valence-corrected chi connectivity index (χ0v) is 21.8. The number of amides is 1. The van der Waals surface area contributed by atoms with Gasteiger partial charge in [-0.15, -0.1) is 0 Å². The Morgan fingerprint density at radius 2 is 1.82 bits per heavy atom. The average Bonchev–Trinajstić information content (AvgIpc) is 3.57. The van der Waals surface area contributed by atoms with E-state index in [2.05, 4.69) is 51.2 Å². The second-order valence-electron chi connectivity index (χ2n) is 9.93. The molecule has 1 saturated heterocycles. The smallest absolute Gasteiger partial charge is 0.229 e. The predicted octanol–water partition coefficient (Wildman–Crippen LogP) is 3.67. The van der Waals surface area contributed by atoms with Crippen molar-refractivity contribution in [2.24, 2.45) is 0 Å². The summed E-state index contributed by atoms with van der Waals surface area (Å²) in [4.78, 5) is 31.0. The fraction of sp³-hybridized carbons (Fsp3) is 0.379. The fourth-order valence-electron chi connectivity index (χ4n) is 5.31. The number of imidazole rings is 1. The maximum atomic E-state index is 12.1. The molecule has 0 atom stereocenters. The average molecular weight is 512 g/mol. The van der Waals surface area contributed by atoms with Crippen molar-refractivity contribution < 1.29 is 9.53 Å². The van der Waals surface area contributed by atoms with Crippen LogP contribution in [0.4, 0.5) is 11.8 Å². The van der Waals surface area contributed by atoms with Crippen molar-refractivity contribution >= 4 is 28.8 Å². The van der Waals surface area contributed by atoms with Crippen molar-refractivity contribution in [2.75, 3.05) is 43.5 Å². The minimum absolute atomic E-state index is 0.234. The number of carbonyl (C=O) groups excluding carboxylic acids is 1. The second kappa shape index (κ2) is 10.7. The van der Waals surface area contributed by atoms with Crippen LogP contribution in [-0.4, -0.2) is 63.6 Å². The number of nitrogens with one attached hydrogen (secondary N) is 1. The molecule has 0 saturated carbocycles. The molecule has 0 aliphatic carbocycles. The Balaban J connectivity index is 1.26. The van der Waals surface area contributed by atoms with E-state index in [1.54, 1.807) is 7.11 Å². The summed E-state index contributed by atoms with van der Waals surface area (Å²) in [5.74, 6) is 2.54. The third-order valence-corrected chi connectivity index (χ3v) is 7.51. The standard InChI is InChI=1S/C29H33N7O2/c1-38-24-10-8-21(9-11-24)12-14-30-27-26-28(36(20-31-26)18-17-34-15-4-7-25(34)37)33-29(32-27)35-16-13-22-5-2-3-6-23(22)19-35/h2-3,5-6,8-11,20H,4,7,12-19H2,1H3,(H,30,32,33). The largest absolute Gasteiger partial charge is 0.497 e. The number of rotatable bonds is 9. The van der Waals surface area contributed by atoms with Crippen molar-refractivity contribution in [1.82, 2.24) is 24.4 Å². The van der Waals surface area contributed by atoms with Crippen molar-refractivity contribution in [3.05, 3.63) is 71.5 Å². The minimum Gasteiger partial charge on any atom is -0.497 e. The van der Waals surface area contributed by atoms with E-state index in [0.717, 1.165) is 68.2 Å². The molecule has 38 heavy (non-hydrogen) atoms. The number of hydrogen-bond donors (Lipinski definition) is 1. The first-order valence-electron chi connectivity index (χ1n) is 13.4. The number of fused-ring (bicyclic) bond motifs is 2. The molecule has 9 heteroatoms. The Morgan fingerprint density at radius 3 is 2.61 bits per heavy atom. The second-order valence-corrected chi connectivity index (χ2v) is 9.93. The van der Waals surface area contributed by atoms with Gasteiger partial charge in [0.25, 0.3) is 0 Å². The zero-order chi connectivity index (χ0) is 25.9. The summed E-state index contributed by atoms with van der Waals surface area (Å²) in [6.45, 7) is 4.52. The maximum absolute atomic E-state index is 12.1. The first-order chi connectivity index (χ1) is 18.7. The van der Waals surface area contributed by atoms with Crippen LogP contribution in [0.25, 0.3) is 11.2 Å². The van der Waals surface area contributed by atoms with Gasteiger partial charge in [-0.25, -0.2) is 4.98 Å². The monoisotopic (exact) mass is 511 g/mol. The summed E-state index contributed by atoms with van der Waals surface area (Å²) >= 11 is 0. The van der Waals surface area contributed by atoms with Gasteiger partial charge in [0, 0.05) is 45.7 Å². The Bertz CT molecular complexity index is 1430. The molecule has 9 nitrogen and oxygen atoms in total. The number of carbonyl (C=O) groups is 1. The van der Waals surface area contributed by atoms with E-state index in [1.807, 2.05) is 23.4 Å². The first kappa shape index (κ1) is 24.2. The molecule has 0 unspecified atom stereocenters. The zero-order valence-electron chi connectivity index (χ0n) is 21.8. The molecule has 1 amide bonds. The van der Waals surface area contributed by atoms with Crippen molar-refractivity contribution in [3.8, 4) is 5.75 Å². The Morgan fingerprint density at radius 1 is 0.974 bits per heavy atom. The summed E-state index contributed by atoms with van der Waals surface area (Å²) in [5, 5.41) is 3.53. The lowest BCUT2D eigenvalue weighted by Crippen LogP contribution is -2.32. The first-order valence-corrected chi connectivity index (χ1v) is 13.4. The number of aromatic nitrogens is 4. The van der Waals surface area contributed by atoms with Crippen LogP contribution in [0.2, 0.25) is 0 Å². The number of methoxy groups -OCH3 is 1. The highest BCUT2D eigenvalue weighted by molar-refractivity contribution is 5.84. The number of anilines is 2. The third kappa shape index (κ3) is 5.01. The van der Waals surface area contributed by atoms with E-state index in [-0.39, 0.29) is 5.91 Å². The van der Waals surface area contributed by atoms with Gasteiger partial charge in [0.1, 0.15) is 5.75 Å². The van der Waals surface area contributed by atoms with E-state index >= 15 is 0 Å². The highest BCUT2D eigenvalue weighted by Crippen LogP contribution is 2.27. The van der Waals surface area contributed by atoms with Gasteiger partial charge in [-0.2, -0.15) is 9.97 Å². The molecule has 0 spiro atoms. The van der Waals surface area contributed by atoms with Gasteiger partial charge < -0.3 is 24.4 Å². The number of hydrogen-bond acceptors (Lipinski definition) is 7. The van der Waals surface area contributed by atoms with Crippen LogP contribution in [0.1, 0.15) is 29.5 Å². The Kier molecular flexibility index (Phi) is 6.81. The van der Waals surface area contributed by atoms with Crippen molar-refractivity contribution in [3.63, 3.8) is 0 Å². The molecule has 0 radical (unpaired) electrons. The van der Waals surface area contributed by atoms with Gasteiger partial charge >= 0.3 is 0 Å². The van der Waals surface area contributed by atoms with Gasteiger partial charge in [0.15, 0.2) is 17.0 Å². The lowest BCUT2D eigenvalue weighted by Gasteiger charge is -2.29.